The highest BCUT2D eigenvalue weighted by Crippen LogP contribution is 2.28. The second kappa shape index (κ2) is 5.78. The van der Waals surface area contributed by atoms with Gasteiger partial charge in [-0.15, -0.1) is 0 Å². The van der Waals surface area contributed by atoms with Crippen LogP contribution in [0.3, 0.4) is 0 Å². The van der Waals surface area contributed by atoms with E-state index in [1.54, 1.807) is 12.1 Å². The summed E-state index contributed by atoms with van der Waals surface area (Å²) in [5.41, 5.74) is -0.144. The van der Waals surface area contributed by atoms with Crippen LogP contribution in [0.25, 0.3) is 0 Å². The van der Waals surface area contributed by atoms with Crippen molar-refractivity contribution in [1.82, 2.24) is 4.98 Å². The first-order valence-corrected chi connectivity index (χ1v) is 8.37. The molecule has 1 fully saturated rings. The number of sulfone groups is 1. The number of rotatable bonds is 4. The van der Waals surface area contributed by atoms with Crippen molar-refractivity contribution >= 4 is 15.8 Å². The Bertz CT molecular complexity index is 599. The van der Waals surface area contributed by atoms with Crippen molar-refractivity contribution in [2.45, 2.75) is 37.0 Å². The van der Waals surface area contributed by atoms with Crippen molar-refractivity contribution < 1.29 is 23.1 Å². The number of aromatic nitrogens is 1. The molecule has 2 rings (SSSR count). The molecule has 20 heavy (non-hydrogen) atoms. The maximum Gasteiger partial charge on any atom is 0.358 e. The molecule has 110 valence electrons. The fourth-order valence-electron chi connectivity index (χ4n) is 2.42. The summed E-state index contributed by atoms with van der Waals surface area (Å²) in [6.45, 7) is 0. The lowest BCUT2D eigenvalue weighted by Crippen LogP contribution is -2.33. The molecule has 0 spiro atoms. The zero-order chi connectivity index (χ0) is 14.8. The molecule has 1 N–H and O–H groups in total. The lowest BCUT2D eigenvalue weighted by molar-refractivity contribution is 0.0678. The first kappa shape index (κ1) is 14.8. The van der Waals surface area contributed by atoms with Gasteiger partial charge in [-0.2, -0.15) is 0 Å². The second-order valence-electron chi connectivity index (χ2n) is 5.01. The van der Waals surface area contributed by atoms with E-state index in [0.29, 0.717) is 12.8 Å². The number of aromatic carboxylic acids is 1. The first-order chi connectivity index (χ1) is 9.38. The van der Waals surface area contributed by atoms with Gasteiger partial charge in [0.05, 0.1) is 5.25 Å². The molecule has 0 radical (unpaired) electrons. The predicted octanol–water partition coefficient (Wildman–Crippen LogP) is 1.51. The molecule has 1 aliphatic rings. The summed E-state index contributed by atoms with van der Waals surface area (Å²) in [4.78, 5) is 14.8. The SMILES string of the molecule is CS(=O)(=O)C1CCCC(Oc2cccnc2C(=O)O)C1. The number of hydrogen-bond donors (Lipinski definition) is 1. The molecule has 0 amide bonds. The van der Waals surface area contributed by atoms with Gasteiger partial charge in [0.1, 0.15) is 15.9 Å². The molecule has 1 heterocycles. The third kappa shape index (κ3) is 3.47. The molecule has 1 aromatic rings. The summed E-state index contributed by atoms with van der Waals surface area (Å²) < 4.78 is 28.9. The van der Waals surface area contributed by atoms with Crippen molar-refractivity contribution in [2.75, 3.05) is 6.26 Å². The molecule has 1 aliphatic carbocycles. The van der Waals surface area contributed by atoms with Gasteiger partial charge < -0.3 is 9.84 Å². The largest absolute Gasteiger partial charge is 0.488 e. The van der Waals surface area contributed by atoms with Gasteiger partial charge in [0.25, 0.3) is 0 Å². The summed E-state index contributed by atoms with van der Waals surface area (Å²) in [6.07, 6.45) is 4.84. The van der Waals surface area contributed by atoms with E-state index >= 15 is 0 Å². The molecule has 0 bridgehead atoms. The van der Waals surface area contributed by atoms with Gasteiger partial charge in [-0.1, -0.05) is 0 Å². The van der Waals surface area contributed by atoms with Gasteiger partial charge in [0, 0.05) is 18.9 Å². The molecule has 0 saturated heterocycles. The number of nitrogens with zero attached hydrogens (tertiary/aromatic N) is 1. The molecule has 0 aromatic carbocycles. The summed E-state index contributed by atoms with van der Waals surface area (Å²) in [5, 5.41) is 8.63. The number of ether oxygens (including phenoxy) is 1. The minimum atomic E-state index is -3.09. The van der Waals surface area contributed by atoms with Crippen molar-refractivity contribution in [1.29, 1.82) is 0 Å². The van der Waals surface area contributed by atoms with Crippen molar-refractivity contribution in [3.63, 3.8) is 0 Å². The molecular formula is C13H17NO5S. The molecular weight excluding hydrogens is 282 g/mol. The van der Waals surface area contributed by atoms with Gasteiger partial charge in [-0.3, -0.25) is 0 Å². The van der Waals surface area contributed by atoms with Gasteiger partial charge in [0.2, 0.25) is 0 Å². The van der Waals surface area contributed by atoms with E-state index in [-0.39, 0.29) is 17.5 Å². The lowest BCUT2D eigenvalue weighted by Gasteiger charge is -2.28. The molecule has 2 unspecified atom stereocenters. The van der Waals surface area contributed by atoms with Crippen LogP contribution in [-0.4, -0.2) is 42.1 Å². The van der Waals surface area contributed by atoms with Crippen LogP contribution >= 0.6 is 0 Å². The van der Waals surface area contributed by atoms with Gasteiger partial charge in [-0.05, 0) is 31.4 Å². The number of pyridine rings is 1. The Kier molecular flexibility index (Phi) is 4.27. The Morgan fingerprint density at radius 1 is 1.45 bits per heavy atom. The smallest absolute Gasteiger partial charge is 0.358 e. The zero-order valence-electron chi connectivity index (χ0n) is 11.2. The van der Waals surface area contributed by atoms with Crippen LogP contribution in [0.5, 0.6) is 5.75 Å². The van der Waals surface area contributed by atoms with E-state index < -0.39 is 21.1 Å². The topological polar surface area (TPSA) is 93.6 Å². The summed E-state index contributed by atoms with van der Waals surface area (Å²) in [5.74, 6) is -0.963. The number of hydrogen-bond acceptors (Lipinski definition) is 5. The average Bonchev–Trinajstić information content (AvgIpc) is 2.38. The Morgan fingerprint density at radius 2 is 2.20 bits per heavy atom. The molecule has 6 nitrogen and oxygen atoms in total. The summed E-state index contributed by atoms with van der Waals surface area (Å²) >= 11 is 0. The van der Waals surface area contributed by atoms with Crippen LogP contribution in [0, 0.1) is 0 Å². The van der Waals surface area contributed by atoms with Crippen LogP contribution in [0.4, 0.5) is 0 Å². The van der Waals surface area contributed by atoms with E-state index in [1.807, 2.05) is 0 Å². The average molecular weight is 299 g/mol. The number of carboxylic acids is 1. The predicted molar refractivity (Wildman–Crippen MR) is 72.7 cm³/mol. The highest BCUT2D eigenvalue weighted by atomic mass is 32.2. The molecule has 2 atom stereocenters. The third-order valence-electron chi connectivity index (χ3n) is 3.45. The van der Waals surface area contributed by atoms with Gasteiger partial charge >= 0.3 is 5.97 Å². The van der Waals surface area contributed by atoms with Crippen LogP contribution < -0.4 is 4.74 Å². The minimum absolute atomic E-state index is 0.144. The van der Waals surface area contributed by atoms with Gasteiger partial charge in [0.15, 0.2) is 11.4 Å². The van der Waals surface area contributed by atoms with Crippen molar-refractivity contribution in [3.05, 3.63) is 24.0 Å². The third-order valence-corrected chi connectivity index (χ3v) is 5.09. The Balaban J connectivity index is 2.12. The van der Waals surface area contributed by atoms with Crippen LogP contribution in [0.1, 0.15) is 36.2 Å². The number of carboxylic acid groups (broad SMARTS) is 1. The van der Waals surface area contributed by atoms with Crippen molar-refractivity contribution in [3.8, 4) is 5.75 Å². The Morgan fingerprint density at radius 3 is 2.85 bits per heavy atom. The highest BCUT2D eigenvalue weighted by Gasteiger charge is 2.30. The van der Waals surface area contributed by atoms with Crippen molar-refractivity contribution in [2.24, 2.45) is 0 Å². The maximum absolute atomic E-state index is 11.6. The summed E-state index contributed by atoms with van der Waals surface area (Å²) in [6, 6.07) is 3.14. The zero-order valence-corrected chi connectivity index (χ0v) is 12.0. The first-order valence-electron chi connectivity index (χ1n) is 6.41. The summed E-state index contributed by atoms with van der Waals surface area (Å²) in [7, 11) is -3.09. The molecule has 0 aliphatic heterocycles. The quantitative estimate of drug-likeness (QED) is 0.905. The van der Waals surface area contributed by atoms with Crippen LogP contribution in [0.2, 0.25) is 0 Å². The van der Waals surface area contributed by atoms with E-state index in [2.05, 4.69) is 4.98 Å². The maximum atomic E-state index is 11.6. The lowest BCUT2D eigenvalue weighted by atomic mass is 9.97. The Hall–Kier alpha value is -1.63. The van der Waals surface area contributed by atoms with E-state index in [1.165, 1.54) is 12.5 Å². The number of carbonyl (C=O) groups is 1. The fraction of sp³-hybridized carbons (Fsp3) is 0.538. The van der Waals surface area contributed by atoms with Gasteiger partial charge in [-0.25, -0.2) is 18.2 Å². The Labute approximate surface area is 117 Å². The van der Waals surface area contributed by atoms with Crippen LogP contribution in [0.15, 0.2) is 18.3 Å². The highest BCUT2D eigenvalue weighted by molar-refractivity contribution is 7.91. The monoisotopic (exact) mass is 299 g/mol. The molecule has 1 saturated carbocycles. The standard InChI is InChI=1S/C13H17NO5S/c1-20(17,18)10-5-2-4-9(8-10)19-11-6-3-7-14-12(11)13(15)16/h3,6-7,9-10H,2,4-5,8H2,1H3,(H,15,16). The van der Waals surface area contributed by atoms with E-state index in [9.17, 15) is 13.2 Å². The van der Waals surface area contributed by atoms with E-state index in [4.69, 9.17) is 9.84 Å². The van der Waals surface area contributed by atoms with E-state index in [0.717, 1.165) is 12.8 Å². The molecule has 7 heteroatoms. The fourth-order valence-corrected chi connectivity index (χ4v) is 3.58. The molecule has 1 aromatic heterocycles. The second-order valence-corrected chi connectivity index (χ2v) is 7.34. The minimum Gasteiger partial charge on any atom is -0.488 e. The van der Waals surface area contributed by atoms with Crippen LogP contribution in [-0.2, 0) is 9.84 Å². The normalized spacial score (nSPS) is 23.2.